The summed E-state index contributed by atoms with van der Waals surface area (Å²) < 4.78 is 0. The Balaban J connectivity index is 3.96. The maximum atomic E-state index is 5.80. The standard InChI is InChI=1S/C12H28N2/c1-6-11(3)8-14(5)10-12(4,7-2)9-13/h11H,6-10,13H2,1-5H3. The quantitative estimate of drug-likeness (QED) is 0.683. The van der Waals surface area contributed by atoms with Crippen molar-refractivity contribution in [1.29, 1.82) is 0 Å². The van der Waals surface area contributed by atoms with Gasteiger partial charge < -0.3 is 10.6 Å². The molecule has 14 heavy (non-hydrogen) atoms. The van der Waals surface area contributed by atoms with Crippen molar-refractivity contribution in [3.63, 3.8) is 0 Å². The van der Waals surface area contributed by atoms with Crippen LogP contribution >= 0.6 is 0 Å². The minimum Gasteiger partial charge on any atom is -0.330 e. The van der Waals surface area contributed by atoms with E-state index in [0.717, 1.165) is 25.4 Å². The van der Waals surface area contributed by atoms with Gasteiger partial charge >= 0.3 is 0 Å². The van der Waals surface area contributed by atoms with Gasteiger partial charge in [-0.2, -0.15) is 0 Å². The van der Waals surface area contributed by atoms with E-state index in [1.54, 1.807) is 0 Å². The normalized spacial score (nSPS) is 18.2. The molecule has 0 aromatic heterocycles. The first kappa shape index (κ1) is 13.9. The van der Waals surface area contributed by atoms with Gasteiger partial charge in [0.25, 0.3) is 0 Å². The molecule has 0 aromatic rings. The maximum absolute atomic E-state index is 5.80. The van der Waals surface area contributed by atoms with Gasteiger partial charge in [0.2, 0.25) is 0 Å². The van der Waals surface area contributed by atoms with Crippen LogP contribution in [-0.4, -0.2) is 31.6 Å². The van der Waals surface area contributed by atoms with Crippen LogP contribution in [0.2, 0.25) is 0 Å². The highest BCUT2D eigenvalue weighted by molar-refractivity contribution is 4.77. The third-order valence-electron chi connectivity index (χ3n) is 3.32. The highest BCUT2D eigenvalue weighted by Crippen LogP contribution is 2.20. The van der Waals surface area contributed by atoms with Crippen LogP contribution in [0.4, 0.5) is 0 Å². The van der Waals surface area contributed by atoms with Crippen LogP contribution in [0, 0.1) is 11.3 Å². The van der Waals surface area contributed by atoms with Gasteiger partial charge in [-0.15, -0.1) is 0 Å². The van der Waals surface area contributed by atoms with Crippen LogP contribution in [0.3, 0.4) is 0 Å². The lowest BCUT2D eigenvalue weighted by Crippen LogP contribution is -2.40. The summed E-state index contributed by atoms with van der Waals surface area (Å²) in [7, 11) is 2.20. The van der Waals surface area contributed by atoms with E-state index in [0.29, 0.717) is 5.41 Å². The molecular formula is C12H28N2. The summed E-state index contributed by atoms with van der Waals surface area (Å²) in [6.07, 6.45) is 2.42. The topological polar surface area (TPSA) is 29.3 Å². The second kappa shape index (κ2) is 6.41. The molecule has 0 saturated heterocycles. The predicted molar refractivity (Wildman–Crippen MR) is 64.4 cm³/mol. The van der Waals surface area contributed by atoms with Crippen molar-refractivity contribution in [3.8, 4) is 0 Å². The number of nitrogens with two attached hydrogens (primary N) is 1. The molecule has 0 saturated carbocycles. The minimum absolute atomic E-state index is 0.294. The van der Waals surface area contributed by atoms with Gasteiger partial charge in [0.15, 0.2) is 0 Å². The van der Waals surface area contributed by atoms with Crippen LogP contribution in [0.1, 0.15) is 40.5 Å². The number of nitrogens with zero attached hydrogens (tertiary/aromatic N) is 1. The Morgan fingerprint density at radius 2 is 1.93 bits per heavy atom. The van der Waals surface area contributed by atoms with Crippen molar-refractivity contribution in [2.75, 3.05) is 26.7 Å². The molecule has 0 aliphatic rings. The van der Waals surface area contributed by atoms with Crippen molar-refractivity contribution < 1.29 is 0 Å². The molecule has 86 valence electrons. The zero-order valence-electron chi connectivity index (χ0n) is 10.6. The van der Waals surface area contributed by atoms with Crippen LogP contribution in [-0.2, 0) is 0 Å². The van der Waals surface area contributed by atoms with Crippen molar-refractivity contribution in [1.82, 2.24) is 4.90 Å². The minimum atomic E-state index is 0.294. The number of hydrogen-bond donors (Lipinski definition) is 1. The average Bonchev–Trinajstić information content (AvgIpc) is 2.17. The molecule has 0 rings (SSSR count). The van der Waals surface area contributed by atoms with Crippen LogP contribution in [0.15, 0.2) is 0 Å². The second-order valence-corrected chi connectivity index (χ2v) is 5.08. The lowest BCUT2D eigenvalue weighted by Gasteiger charge is -2.32. The SMILES string of the molecule is CCC(C)CN(C)CC(C)(CC)CN. The van der Waals surface area contributed by atoms with Gasteiger partial charge in [-0.05, 0) is 31.3 Å². The Hall–Kier alpha value is -0.0800. The molecule has 0 aliphatic heterocycles. The third kappa shape index (κ3) is 4.97. The zero-order valence-corrected chi connectivity index (χ0v) is 10.6. The highest BCUT2D eigenvalue weighted by atomic mass is 15.1. The summed E-state index contributed by atoms with van der Waals surface area (Å²) >= 11 is 0. The Kier molecular flexibility index (Phi) is 6.38. The Bertz CT molecular complexity index is 141. The molecule has 0 radical (unpaired) electrons. The molecule has 2 atom stereocenters. The molecule has 0 spiro atoms. The summed E-state index contributed by atoms with van der Waals surface area (Å²) in [6, 6.07) is 0. The van der Waals surface area contributed by atoms with E-state index in [4.69, 9.17) is 5.73 Å². The van der Waals surface area contributed by atoms with Gasteiger partial charge in [0.05, 0.1) is 0 Å². The summed E-state index contributed by atoms with van der Waals surface area (Å²) in [5.74, 6) is 0.791. The largest absolute Gasteiger partial charge is 0.330 e. The maximum Gasteiger partial charge on any atom is 0.00444 e. The van der Waals surface area contributed by atoms with Crippen LogP contribution in [0.5, 0.6) is 0 Å². The average molecular weight is 200 g/mol. The smallest absolute Gasteiger partial charge is 0.00444 e. The molecule has 0 bridgehead atoms. The number of hydrogen-bond acceptors (Lipinski definition) is 2. The van der Waals surface area contributed by atoms with E-state index < -0.39 is 0 Å². The Morgan fingerprint density at radius 1 is 1.36 bits per heavy atom. The summed E-state index contributed by atoms with van der Waals surface area (Å²) in [4.78, 5) is 2.42. The summed E-state index contributed by atoms with van der Waals surface area (Å²) in [6.45, 7) is 12.2. The fourth-order valence-corrected chi connectivity index (χ4v) is 1.70. The highest BCUT2D eigenvalue weighted by Gasteiger charge is 2.22. The first-order valence-corrected chi connectivity index (χ1v) is 5.86. The van der Waals surface area contributed by atoms with Crippen LogP contribution < -0.4 is 5.73 Å². The predicted octanol–water partition coefficient (Wildman–Crippen LogP) is 2.34. The van der Waals surface area contributed by atoms with E-state index in [-0.39, 0.29) is 0 Å². The Morgan fingerprint density at radius 3 is 2.29 bits per heavy atom. The fourth-order valence-electron chi connectivity index (χ4n) is 1.70. The second-order valence-electron chi connectivity index (χ2n) is 5.08. The monoisotopic (exact) mass is 200 g/mol. The molecular weight excluding hydrogens is 172 g/mol. The van der Waals surface area contributed by atoms with E-state index >= 15 is 0 Å². The summed E-state index contributed by atoms with van der Waals surface area (Å²) in [5.41, 5.74) is 6.10. The Labute approximate surface area is 89.9 Å². The van der Waals surface area contributed by atoms with Gasteiger partial charge in [-0.1, -0.05) is 34.1 Å². The zero-order chi connectivity index (χ0) is 11.2. The van der Waals surface area contributed by atoms with Gasteiger partial charge in [-0.3, -0.25) is 0 Å². The van der Waals surface area contributed by atoms with Crippen molar-refractivity contribution in [2.24, 2.45) is 17.1 Å². The third-order valence-corrected chi connectivity index (χ3v) is 3.32. The van der Waals surface area contributed by atoms with Crippen LogP contribution in [0.25, 0.3) is 0 Å². The van der Waals surface area contributed by atoms with E-state index in [1.165, 1.54) is 13.0 Å². The molecule has 2 heteroatoms. The molecule has 0 aliphatic carbocycles. The first-order chi connectivity index (χ1) is 6.47. The molecule has 2 nitrogen and oxygen atoms in total. The number of rotatable bonds is 7. The molecule has 0 fully saturated rings. The van der Waals surface area contributed by atoms with Crippen molar-refractivity contribution >= 4 is 0 Å². The lowest BCUT2D eigenvalue weighted by molar-refractivity contribution is 0.174. The first-order valence-electron chi connectivity index (χ1n) is 5.86. The lowest BCUT2D eigenvalue weighted by atomic mass is 9.87. The van der Waals surface area contributed by atoms with Gasteiger partial charge in [0.1, 0.15) is 0 Å². The molecule has 0 amide bonds. The molecule has 2 unspecified atom stereocenters. The molecule has 2 N–H and O–H groups in total. The van der Waals surface area contributed by atoms with Gasteiger partial charge in [-0.25, -0.2) is 0 Å². The molecule has 0 heterocycles. The van der Waals surface area contributed by atoms with Crippen molar-refractivity contribution in [2.45, 2.75) is 40.5 Å². The van der Waals surface area contributed by atoms with Crippen molar-refractivity contribution in [3.05, 3.63) is 0 Å². The van der Waals surface area contributed by atoms with Gasteiger partial charge in [0, 0.05) is 13.1 Å². The fraction of sp³-hybridized carbons (Fsp3) is 1.00. The summed E-state index contributed by atoms with van der Waals surface area (Å²) in [5, 5.41) is 0. The van der Waals surface area contributed by atoms with E-state index in [2.05, 4.69) is 39.6 Å². The van der Waals surface area contributed by atoms with E-state index in [1.807, 2.05) is 0 Å². The van der Waals surface area contributed by atoms with E-state index in [9.17, 15) is 0 Å². The molecule has 0 aromatic carbocycles.